The van der Waals surface area contributed by atoms with E-state index in [4.69, 9.17) is 4.74 Å². The Bertz CT molecular complexity index is 766. The summed E-state index contributed by atoms with van der Waals surface area (Å²) in [5.41, 5.74) is 2.69. The highest BCUT2D eigenvalue weighted by Crippen LogP contribution is 2.28. The van der Waals surface area contributed by atoms with Crippen molar-refractivity contribution in [2.45, 2.75) is 13.5 Å². The van der Waals surface area contributed by atoms with E-state index >= 15 is 0 Å². The molecule has 112 valence electrons. The van der Waals surface area contributed by atoms with Gasteiger partial charge in [-0.15, -0.1) is 11.3 Å². The van der Waals surface area contributed by atoms with Crippen LogP contribution in [0.3, 0.4) is 0 Å². The van der Waals surface area contributed by atoms with E-state index in [1.54, 1.807) is 22.7 Å². The van der Waals surface area contributed by atoms with Gasteiger partial charge in [0, 0.05) is 23.2 Å². The Balaban J connectivity index is 1.69. The number of thiophene rings is 1. The van der Waals surface area contributed by atoms with Crippen LogP contribution in [0.15, 0.2) is 46.5 Å². The summed E-state index contributed by atoms with van der Waals surface area (Å²) in [4.78, 5) is 15.8. The van der Waals surface area contributed by atoms with Crippen molar-refractivity contribution in [3.05, 3.63) is 52.2 Å². The van der Waals surface area contributed by atoms with Crippen molar-refractivity contribution in [2.75, 3.05) is 5.32 Å². The molecule has 0 saturated carbocycles. The van der Waals surface area contributed by atoms with E-state index in [2.05, 4.69) is 21.7 Å². The van der Waals surface area contributed by atoms with Crippen LogP contribution < -0.4 is 10.1 Å². The normalized spacial score (nSPS) is 10.4. The minimum Gasteiger partial charge on any atom is -0.485 e. The molecule has 0 atom stereocenters. The van der Waals surface area contributed by atoms with Crippen molar-refractivity contribution in [1.29, 1.82) is 0 Å². The molecular weight excluding hydrogens is 316 g/mol. The first-order valence-electron chi connectivity index (χ1n) is 6.69. The number of hydrogen-bond donors (Lipinski definition) is 1. The summed E-state index contributed by atoms with van der Waals surface area (Å²) in [7, 11) is 0. The van der Waals surface area contributed by atoms with Crippen molar-refractivity contribution >= 4 is 34.3 Å². The molecule has 1 amide bonds. The zero-order valence-corrected chi connectivity index (χ0v) is 13.5. The number of anilines is 1. The monoisotopic (exact) mass is 330 g/mol. The first kappa shape index (κ1) is 14.7. The molecule has 6 heteroatoms. The summed E-state index contributed by atoms with van der Waals surface area (Å²) in [5, 5.41) is 9.86. The van der Waals surface area contributed by atoms with Crippen LogP contribution in [0.5, 0.6) is 5.75 Å². The van der Waals surface area contributed by atoms with Gasteiger partial charge in [-0.1, -0.05) is 12.1 Å². The molecule has 0 radical (unpaired) electrons. The van der Waals surface area contributed by atoms with Crippen LogP contribution in [0.25, 0.3) is 10.6 Å². The van der Waals surface area contributed by atoms with Gasteiger partial charge in [0.15, 0.2) is 0 Å². The van der Waals surface area contributed by atoms with E-state index in [9.17, 15) is 4.79 Å². The van der Waals surface area contributed by atoms with Crippen molar-refractivity contribution in [3.8, 4) is 16.3 Å². The lowest BCUT2D eigenvalue weighted by Crippen LogP contribution is -2.07. The first-order chi connectivity index (χ1) is 10.7. The fourth-order valence-electron chi connectivity index (χ4n) is 1.93. The van der Waals surface area contributed by atoms with Gasteiger partial charge in [-0.05, 0) is 23.6 Å². The number of hydrogen-bond acceptors (Lipinski definition) is 5. The van der Waals surface area contributed by atoms with Crippen molar-refractivity contribution < 1.29 is 9.53 Å². The second-order valence-electron chi connectivity index (χ2n) is 4.62. The predicted molar refractivity (Wildman–Crippen MR) is 90.5 cm³/mol. The number of rotatable bonds is 5. The van der Waals surface area contributed by atoms with Crippen molar-refractivity contribution in [1.82, 2.24) is 4.98 Å². The van der Waals surface area contributed by atoms with E-state index < -0.39 is 0 Å². The van der Waals surface area contributed by atoms with E-state index in [1.807, 2.05) is 35.0 Å². The molecule has 4 nitrogen and oxygen atoms in total. The molecule has 0 fully saturated rings. The van der Waals surface area contributed by atoms with Gasteiger partial charge in [0.1, 0.15) is 17.4 Å². The third-order valence-electron chi connectivity index (χ3n) is 2.89. The Morgan fingerprint density at radius 3 is 2.91 bits per heavy atom. The minimum absolute atomic E-state index is 0.121. The Hall–Kier alpha value is -2.18. The zero-order chi connectivity index (χ0) is 15.4. The maximum absolute atomic E-state index is 11.2. The van der Waals surface area contributed by atoms with Crippen molar-refractivity contribution in [2.24, 2.45) is 0 Å². The first-order valence-corrected chi connectivity index (χ1v) is 8.51. The van der Waals surface area contributed by atoms with Gasteiger partial charge in [0.2, 0.25) is 5.91 Å². The summed E-state index contributed by atoms with van der Waals surface area (Å²) in [6.45, 7) is 1.85. The maximum Gasteiger partial charge on any atom is 0.221 e. The van der Waals surface area contributed by atoms with Gasteiger partial charge in [0.25, 0.3) is 0 Å². The number of thiazole rings is 1. The second kappa shape index (κ2) is 6.72. The lowest BCUT2D eigenvalue weighted by atomic mass is 10.3. The third-order valence-corrected chi connectivity index (χ3v) is 4.52. The molecule has 3 rings (SSSR count). The van der Waals surface area contributed by atoms with E-state index in [-0.39, 0.29) is 5.91 Å². The number of carbonyl (C=O) groups is 1. The number of nitrogens with one attached hydrogen (secondary N) is 1. The SMILES string of the molecule is CC(=O)Nc1ccccc1OCc1csc(-c2ccsc2)n1. The number of benzene rings is 1. The number of nitrogens with zero attached hydrogens (tertiary/aromatic N) is 1. The van der Waals surface area contributed by atoms with Gasteiger partial charge >= 0.3 is 0 Å². The van der Waals surface area contributed by atoms with Crippen LogP contribution in [0, 0.1) is 0 Å². The average molecular weight is 330 g/mol. The molecule has 0 aliphatic heterocycles. The summed E-state index contributed by atoms with van der Waals surface area (Å²) in [5.74, 6) is 0.521. The molecule has 2 heterocycles. The number of carbonyl (C=O) groups excluding carboxylic acids is 1. The van der Waals surface area contributed by atoms with E-state index in [0.717, 1.165) is 16.3 Å². The standard InChI is InChI=1S/C16H14N2O2S2/c1-11(19)17-14-4-2-3-5-15(14)20-8-13-10-22-16(18-13)12-6-7-21-9-12/h2-7,9-10H,8H2,1H3,(H,17,19). The molecule has 1 aromatic carbocycles. The lowest BCUT2D eigenvalue weighted by Gasteiger charge is -2.10. The molecule has 0 bridgehead atoms. The fourth-order valence-corrected chi connectivity index (χ4v) is 3.45. The zero-order valence-electron chi connectivity index (χ0n) is 11.9. The van der Waals surface area contributed by atoms with Crippen LogP contribution in [0.4, 0.5) is 5.69 Å². The smallest absolute Gasteiger partial charge is 0.221 e. The summed E-state index contributed by atoms with van der Waals surface area (Å²) in [6.07, 6.45) is 0. The van der Waals surface area contributed by atoms with Crippen molar-refractivity contribution in [3.63, 3.8) is 0 Å². The predicted octanol–water partition coefficient (Wildman–Crippen LogP) is 4.41. The van der Waals surface area contributed by atoms with Gasteiger partial charge in [-0.25, -0.2) is 4.98 Å². The number of para-hydroxylation sites is 2. The third kappa shape index (κ3) is 3.52. The quantitative estimate of drug-likeness (QED) is 0.754. The van der Waals surface area contributed by atoms with Crippen LogP contribution in [-0.4, -0.2) is 10.9 Å². The largest absolute Gasteiger partial charge is 0.485 e. The molecule has 22 heavy (non-hydrogen) atoms. The Morgan fingerprint density at radius 1 is 1.27 bits per heavy atom. The van der Waals surface area contributed by atoms with Gasteiger partial charge in [-0.2, -0.15) is 11.3 Å². The molecular formula is C16H14N2O2S2. The summed E-state index contributed by atoms with van der Waals surface area (Å²) >= 11 is 3.26. The highest BCUT2D eigenvalue weighted by atomic mass is 32.1. The molecule has 1 N–H and O–H groups in total. The van der Waals surface area contributed by atoms with E-state index in [1.165, 1.54) is 6.92 Å². The molecule has 2 aromatic heterocycles. The minimum atomic E-state index is -0.121. The topological polar surface area (TPSA) is 51.2 Å². The van der Waals surface area contributed by atoms with Gasteiger partial charge in [-0.3, -0.25) is 4.79 Å². The second-order valence-corrected chi connectivity index (χ2v) is 6.26. The number of amides is 1. The highest BCUT2D eigenvalue weighted by Gasteiger charge is 2.08. The lowest BCUT2D eigenvalue weighted by molar-refractivity contribution is -0.114. The molecule has 0 unspecified atom stereocenters. The molecule has 3 aromatic rings. The average Bonchev–Trinajstić information content (AvgIpc) is 3.17. The van der Waals surface area contributed by atoms with Crippen LogP contribution in [0.2, 0.25) is 0 Å². The van der Waals surface area contributed by atoms with Gasteiger partial charge in [0.05, 0.1) is 11.4 Å². The summed E-state index contributed by atoms with van der Waals surface area (Å²) < 4.78 is 5.79. The maximum atomic E-state index is 11.2. The molecule has 0 aliphatic carbocycles. The highest BCUT2D eigenvalue weighted by molar-refractivity contribution is 7.14. The molecule has 0 spiro atoms. The molecule has 0 saturated heterocycles. The van der Waals surface area contributed by atoms with Gasteiger partial charge < -0.3 is 10.1 Å². The van der Waals surface area contributed by atoms with Crippen LogP contribution in [-0.2, 0) is 11.4 Å². The summed E-state index contributed by atoms with van der Waals surface area (Å²) in [6, 6.07) is 9.43. The van der Waals surface area contributed by atoms with Crippen LogP contribution in [0.1, 0.15) is 12.6 Å². The van der Waals surface area contributed by atoms with Crippen LogP contribution >= 0.6 is 22.7 Å². The molecule has 0 aliphatic rings. The number of ether oxygens (including phenoxy) is 1. The number of aromatic nitrogens is 1. The Morgan fingerprint density at radius 2 is 2.14 bits per heavy atom. The Labute approximate surface area is 136 Å². The van der Waals surface area contributed by atoms with E-state index in [0.29, 0.717) is 18.0 Å². The fraction of sp³-hybridized carbons (Fsp3) is 0.125. The Kier molecular flexibility index (Phi) is 4.50.